The molecule has 1 rings (SSSR count). The normalized spacial score (nSPS) is 19.6. The number of hydrogen-bond acceptors (Lipinski definition) is 2. The summed E-state index contributed by atoms with van der Waals surface area (Å²) in [5.41, 5.74) is 0. The number of amides is 1. The highest BCUT2D eigenvalue weighted by Crippen LogP contribution is 2.22. The number of carbonyl (C=O) groups is 1. The fourth-order valence-corrected chi connectivity index (χ4v) is 2.46. The van der Waals surface area contributed by atoms with E-state index in [0.29, 0.717) is 5.92 Å². The summed E-state index contributed by atoms with van der Waals surface area (Å²) in [4.78, 5) is 11.8. The molecule has 1 saturated carbocycles. The van der Waals surface area contributed by atoms with E-state index in [1.165, 1.54) is 38.5 Å². The van der Waals surface area contributed by atoms with Crippen LogP contribution in [0.25, 0.3) is 0 Å². The fraction of sp³-hybridized carbons (Fsp3) is 0.933. The monoisotopic (exact) mass is 254 g/mol. The molecule has 1 atom stereocenters. The van der Waals surface area contributed by atoms with Crippen LogP contribution in [0.4, 0.5) is 0 Å². The predicted molar refractivity (Wildman–Crippen MR) is 76.5 cm³/mol. The SMILES string of the molecule is CC(C)CNC(=O)C(C)NCC1CCCCCC1. The fourth-order valence-electron chi connectivity index (χ4n) is 2.46. The van der Waals surface area contributed by atoms with Gasteiger partial charge in [0, 0.05) is 6.54 Å². The molecule has 1 aliphatic rings. The molecule has 0 radical (unpaired) electrons. The average molecular weight is 254 g/mol. The van der Waals surface area contributed by atoms with Crippen LogP contribution in [0, 0.1) is 11.8 Å². The highest BCUT2D eigenvalue weighted by atomic mass is 16.2. The second kappa shape index (κ2) is 8.52. The van der Waals surface area contributed by atoms with Crippen molar-refractivity contribution in [1.82, 2.24) is 10.6 Å². The van der Waals surface area contributed by atoms with Gasteiger partial charge in [-0.05, 0) is 38.1 Å². The molecule has 1 fully saturated rings. The van der Waals surface area contributed by atoms with Crippen molar-refractivity contribution in [3.63, 3.8) is 0 Å². The molecule has 0 heterocycles. The molecule has 3 nitrogen and oxygen atoms in total. The standard InChI is InChI=1S/C15H30N2O/c1-12(2)10-17-15(18)13(3)16-11-14-8-6-4-5-7-9-14/h12-14,16H,4-11H2,1-3H3,(H,17,18). The molecule has 0 spiro atoms. The van der Waals surface area contributed by atoms with Gasteiger partial charge in [0.25, 0.3) is 0 Å². The van der Waals surface area contributed by atoms with Gasteiger partial charge in [-0.25, -0.2) is 0 Å². The second-order valence-corrected chi connectivity index (χ2v) is 6.13. The molecule has 18 heavy (non-hydrogen) atoms. The average Bonchev–Trinajstić information content (AvgIpc) is 2.61. The topological polar surface area (TPSA) is 41.1 Å². The van der Waals surface area contributed by atoms with E-state index in [1.807, 2.05) is 6.92 Å². The summed E-state index contributed by atoms with van der Waals surface area (Å²) in [5.74, 6) is 1.42. The summed E-state index contributed by atoms with van der Waals surface area (Å²) < 4.78 is 0. The Balaban J connectivity index is 2.18. The molecule has 0 aromatic carbocycles. The zero-order valence-corrected chi connectivity index (χ0v) is 12.3. The zero-order chi connectivity index (χ0) is 13.4. The smallest absolute Gasteiger partial charge is 0.236 e. The Labute approximate surface area is 112 Å². The molecule has 0 saturated heterocycles. The summed E-state index contributed by atoms with van der Waals surface area (Å²) in [7, 11) is 0. The number of nitrogens with one attached hydrogen (secondary N) is 2. The third-order valence-corrected chi connectivity index (χ3v) is 3.77. The van der Waals surface area contributed by atoms with Crippen molar-refractivity contribution < 1.29 is 4.79 Å². The van der Waals surface area contributed by atoms with Crippen LogP contribution in [-0.2, 0) is 4.79 Å². The van der Waals surface area contributed by atoms with E-state index in [0.717, 1.165) is 19.0 Å². The maximum Gasteiger partial charge on any atom is 0.236 e. The maximum absolute atomic E-state index is 11.8. The first kappa shape index (κ1) is 15.5. The van der Waals surface area contributed by atoms with Gasteiger partial charge in [0.2, 0.25) is 5.91 Å². The Morgan fingerprint density at radius 1 is 1.11 bits per heavy atom. The summed E-state index contributed by atoms with van der Waals surface area (Å²) in [5, 5.41) is 6.37. The maximum atomic E-state index is 11.8. The van der Waals surface area contributed by atoms with E-state index in [9.17, 15) is 4.79 Å². The van der Waals surface area contributed by atoms with Gasteiger partial charge in [0.05, 0.1) is 6.04 Å². The molecule has 3 heteroatoms. The molecule has 0 aromatic heterocycles. The number of hydrogen-bond donors (Lipinski definition) is 2. The molecule has 1 unspecified atom stereocenters. The Morgan fingerprint density at radius 2 is 1.72 bits per heavy atom. The highest BCUT2D eigenvalue weighted by molar-refractivity contribution is 5.81. The first-order chi connectivity index (χ1) is 8.59. The van der Waals surface area contributed by atoms with Crippen molar-refractivity contribution >= 4 is 5.91 Å². The lowest BCUT2D eigenvalue weighted by atomic mass is 10.0. The minimum Gasteiger partial charge on any atom is -0.354 e. The minimum absolute atomic E-state index is 0.0630. The number of rotatable bonds is 6. The van der Waals surface area contributed by atoms with Crippen molar-refractivity contribution in [2.75, 3.05) is 13.1 Å². The Kier molecular flexibility index (Phi) is 7.33. The van der Waals surface area contributed by atoms with E-state index in [4.69, 9.17) is 0 Å². The first-order valence-electron chi connectivity index (χ1n) is 7.60. The van der Waals surface area contributed by atoms with Crippen LogP contribution in [0.15, 0.2) is 0 Å². The van der Waals surface area contributed by atoms with Gasteiger partial charge in [-0.1, -0.05) is 39.5 Å². The third kappa shape index (κ3) is 6.39. The van der Waals surface area contributed by atoms with E-state index < -0.39 is 0 Å². The lowest BCUT2D eigenvalue weighted by Crippen LogP contribution is -2.44. The Morgan fingerprint density at radius 3 is 2.28 bits per heavy atom. The highest BCUT2D eigenvalue weighted by Gasteiger charge is 2.16. The summed E-state index contributed by atoms with van der Waals surface area (Å²) in [6.07, 6.45) is 8.16. The van der Waals surface area contributed by atoms with Gasteiger partial charge in [0.1, 0.15) is 0 Å². The van der Waals surface area contributed by atoms with Gasteiger partial charge in [-0.15, -0.1) is 0 Å². The molecule has 1 amide bonds. The van der Waals surface area contributed by atoms with E-state index in [-0.39, 0.29) is 11.9 Å². The van der Waals surface area contributed by atoms with Gasteiger partial charge >= 0.3 is 0 Å². The Hall–Kier alpha value is -0.570. The molecule has 2 N–H and O–H groups in total. The first-order valence-corrected chi connectivity index (χ1v) is 7.60. The molecule has 0 aromatic rings. The van der Waals surface area contributed by atoms with Crippen molar-refractivity contribution in [2.45, 2.75) is 65.3 Å². The van der Waals surface area contributed by atoms with Crippen LogP contribution in [0.5, 0.6) is 0 Å². The zero-order valence-electron chi connectivity index (χ0n) is 12.3. The van der Waals surface area contributed by atoms with Gasteiger partial charge in [-0.3, -0.25) is 4.79 Å². The lowest BCUT2D eigenvalue weighted by Gasteiger charge is -2.19. The minimum atomic E-state index is -0.0630. The van der Waals surface area contributed by atoms with Crippen LogP contribution >= 0.6 is 0 Å². The van der Waals surface area contributed by atoms with Crippen molar-refractivity contribution in [3.05, 3.63) is 0 Å². The van der Waals surface area contributed by atoms with Gasteiger partial charge in [-0.2, -0.15) is 0 Å². The second-order valence-electron chi connectivity index (χ2n) is 6.13. The van der Waals surface area contributed by atoms with E-state index >= 15 is 0 Å². The summed E-state index contributed by atoms with van der Waals surface area (Å²) in [6.45, 7) is 7.96. The molecular weight excluding hydrogens is 224 g/mol. The van der Waals surface area contributed by atoms with Crippen LogP contribution in [-0.4, -0.2) is 25.0 Å². The van der Waals surface area contributed by atoms with E-state index in [1.54, 1.807) is 0 Å². The largest absolute Gasteiger partial charge is 0.354 e. The van der Waals surface area contributed by atoms with E-state index in [2.05, 4.69) is 24.5 Å². The van der Waals surface area contributed by atoms with Crippen molar-refractivity contribution in [2.24, 2.45) is 11.8 Å². The van der Waals surface area contributed by atoms with Crippen LogP contribution in [0.3, 0.4) is 0 Å². The molecule has 1 aliphatic carbocycles. The van der Waals surface area contributed by atoms with Crippen LogP contribution in [0.1, 0.15) is 59.3 Å². The summed E-state index contributed by atoms with van der Waals surface area (Å²) in [6, 6.07) is -0.0630. The van der Waals surface area contributed by atoms with Gasteiger partial charge in [0.15, 0.2) is 0 Å². The summed E-state index contributed by atoms with van der Waals surface area (Å²) >= 11 is 0. The lowest BCUT2D eigenvalue weighted by molar-refractivity contribution is -0.122. The predicted octanol–water partition coefficient (Wildman–Crippen LogP) is 2.71. The molecule has 0 bridgehead atoms. The molecule has 106 valence electrons. The van der Waals surface area contributed by atoms with Crippen molar-refractivity contribution in [3.8, 4) is 0 Å². The quantitative estimate of drug-likeness (QED) is 0.716. The molecular formula is C15H30N2O. The van der Waals surface area contributed by atoms with Crippen LogP contribution in [0.2, 0.25) is 0 Å². The van der Waals surface area contributed by atoms with Crippen molar-refractivity contribution in [1.29, 1.82) is 0 Å². The molecule has 0 aliphatic heterocycles. The third-order valence-electron chi connectivity index (χ3n) is 3.77. The Bertz CT molecular complexity index is 233. The van der Waals surface area contributed by atoms with Gasteiger partial charge < -0.3 is 10.6 Å². The van der Waals surface area contributed by atoms with Crippen LogP contribution < -0.4 is 10.6 Å². The number of carbonyl (C=O) groups excluding carboxylic acids is 1.